The summed E-state index contributed by atoms with van der Waals surface area (Å²) in [4.78, 5) is 47.2. The van der Waals surface area contributed by atoms with Gasteiger partial charge in [-0.2, -0.15) is 0 Å². The summed E-state index contributed by atoms with van der Waals surface area (Å²) < 4.78 is 19.4. The number of terminal acetylenes is 2. The highest BCUT2D eigenvalue weighted by Gasteiger charge is 2.25. The molecule has 93 heavy (non-hydrogen) atoms. The van der Waals surface area contributed by atoms with E-state index in [4.69, 9.17) is 41.7 Å². The molecule has 0 bridgehead atoms. The summed E-state index contributed by atoms with van der Waals surface area (Å²) in [6, 6.07) is 31.8. The maximum atomic E-state index is 13.4. The maximum absolute atomic E-state index is 13.4. The number of carbonyl (C=O) groups excluding carboxylic acids is 2. The normalized spacial score (nSPS) is 11.6. The van der Waals surface area contributed by atoms with Crippen molar-refractivity contribution in [3.05, 3.63) is 143 Å². The standard InChI is InChI=1S/C33H33NO4.C15H16O3.C7H14.2C7H12.C6H14O2.C6H12O2/c1-33(2,3)18-9-19-37-32(36)24-12-7-6-11-23(24)30-25-17-15-22(34(4)5)20-28(25)38-31-26(30)16-14-21-10-8-13-27(35)29(21)31;1-15(2,3)9-12(16)11-8-10-6-4-5-7-13(10)18-14(11)17;3*1-5-6-7(2,3)4;2*1-6(2,3)4-5(7)8/h6-8,10-17,20H,9,18-19H2,1-5H3;4-8H,9H2,1-3H3;5H,1,6H2,2-4H3;2*1H,6H2,2-4H3;5,7-8H,4H2,1-3H3;4H2,1-3H3,(H,7,8)/p+1. The van der Waals surface area contributed by atoms with E-state index in [0.717, 1.165) is 70.3 Å². The molecule has 7 rings (SSSR count). The van der Waals surface area contributed by atoms with Gasteiger partial charge in [0.05, 0.1) is 30.0 Å². The zero-order valence-electron chi connectivity index (χ0n) is 60.8. The minimum atomic E-state index is -1.16. The number of aliphatic hydroxyl groups is 2. The minimum absolute atomic E-state index is 0.0220. The molecule has 508 valence electrons. The number of benzene rings is 5. The van der Waals surface area contributed by atoms with E-state index >= 15 is 0 Å². The number of nitrogens with zero attached hydrogens (tertiary/aromatic N) is 1. The molecule has 0 atom stereocenters. The van der Waals surface area contributed by atoms with Crippen LogP contribution in [0.5, 0.6) is 5.75 Å². The number of ketones is 1. The molecule has 0 saturated carbocycles. The Balaban J connectivity index is 0.000000647. The van der Waals surface area contributed by atoms with Crippen LogP contribution in [-0.2, 0) is 9.53 Å². The van der Waals surface area contributed by atoms with Gasteiger partial charge in [0, 0.05) is 53.6 Å². The Bertz CT molecular complexity index is 3680. The Morgan fingerprint density at radius 2 is 1.16 bits per heavy atom. The number of phenolic OH excluding ortho intramolecular Hbond substituents is 1. The third kappa shape index (κ3) is 34.1. The van der Waals surface area contributed by atoms with Crippen molar-refractivity contribution in [2.75, 3.05) is 20.7 Å². The molecule has 0 spiro atoms. The van der Waals surface area contributed by atoms with Crippen LogP contribution in [0.25, 0.3) is 55.2 Å². The van der Waals surface area contributed by atoms with Crippen LogP contribution >= 0.6 is 0 Å². The number of hydrogen-bond donors (Lipinski definition) is 4. The van der Waals surface area contributed by atoms with E-state index in [1.54, 1.807) is 24.3 Å². The Kier molecular flexibility index (Phi) is 32.8. The second-order valence-electron chi connectivity index (χ2n) is 32.2. The number of esters is 1. The van der Waals surface area contributed by atoms with Gasteiger partial charge in [-0.1, -0.05) is 206 Å². The van der Waals surface area contributed by atoms with Crippen molar-refractivity contribution in [1.29, 1.82) is 0 Å². The molecule has 0 saturated heterocycles. The van der Waals surface area contributed by atoms with Gasteiger partial charge in [0.25, 0.3) is 0 Å². The van der Waals surface area contributed by atoms with Crippen LogP contribution in [0.4, 0.5) is 0 Å². The number of para-hydroxylation sites is 1. The summed E-state index contributed by atoms with van der Waals surface area (Å²) in [6.45, 7) is 47.5. The van der Waals surface area contributed by atoms with Crippen molar-refractivity contribution in [3.8, 4) is 52.9 Å². The molecule has 1 aliphatic heterocycles. The number of carbonyl (C=O) groups is 3. The average molecular weight is 1280 g/mol. The van der Waals surface area contributed by atoms with E-state index in [-0.39, 0.29) is 51.1 Å². The van der Waals surface area contributed by atoms with Gasteiger partial charge in [-0.05, 0) is 105 Å². The molecule has 0 fully saturated rings. The van der Waals surface area contributed by atoms with Gasteiger partial charge in [-0.3, -0.25) is 9.59 Å². The fourth-order valence-electron chi connectivity index (χ4n) is 8.86. The summed E-state index contributed by atoms with van der Waals surface area (Å²) in [5, 5.41) is 40.1. The third-order valence-electron chi connectivity index (χ3n) is 13.1. The van der Waals surface area contributed by atoms with Crippen LogP contribution < -0.4 is 15.6 Å². The first-order valence-electron chi connectivity index (χ1n) is 32.0. The molecular formula is C81H114NO11+. The van der Waals surface area contributed by atoms with Gasteiger partial charge in [-0.15, -0.1) is 31.3 Å². The van der Waals surface area contributed by atoms with Crippen molar-refractivity contribution < 1.29 is 48.4 Å². The SMILES string of the molecule is C#CCC(C)(C)C.C#CCC(C)(C)C.C=CCC(C)(C)C.CC(C)(C)CC(=O)O.CC(C)(C)CC(=O)c1cc2ccccc2oc1=O.CC(C)(C)CC(O)O.C[N+](C)=c1ccc2c(-c3ccccc3C(=O)OCCCC(C)(C)C)c3ccc4cccc(O)c4c3oc-2c1. The number of ether oxygens (including phenoxy) is 1. The molecule has 1 aliphatic carbocycles. The molecule has 4 aromatic carbocycles. The van der Waals surface area contributed by atoms with Gasteiger partial charge in [-0.25, -0.2) is 14.2 Å². The third-order valence-corrected chi connectivity index (χ3v) is 13.1. The minimum Gasteiger partial charge on any atom is -0.507 e. The Labute approximate surface area is 558 Å². The van der Waals surface area contributed by atoms with E-state index < -0.39 is 17.9 Å². The van der Waals surface area contributed by atoms with Gasteiger partial charge in [0.15, 0.2) is 12.1 Å². The van der Waals surface area contributed by atoms with Crippen LogP contribution in [0.15, 0.2) is 129 Å². The number of carboxylic acid groups (broad SMARTS) is 1. The number of Topliss-reactive ketones (excluding diaryl/α,β-unsaturated/α-hetero) is 1. The molecule has 1 aromatic heterocycles. The lowest BCUT2D eigenvalue weighted by Gasteiger charge is -2.19. The van der Waals surface area contributed by atoms with Crippen LogP contribution in [0.2, 0.25) is 0 Å². The lowest BCUT2D eigenvalue weighted by molar-refractivity contribution is -0.139. The quantitative estimate of drug-likeness (QED) is 0.00975. The van der Waals surface area contributed by atoms with E-state index in [9.17, 15) is 24.3 Å². The Hall–Kier alpha value is -7.77. The summed E-state index contributed by atoms with van der Waals surface area (Å²) in [7, 11) is 3.96. The average Bonchev–Trinajstić information content (AvgIpc) is 0.736. The Morgan fingerprint density at radius 1 is 0.613 bits per heavy atom. The maximum Gasteiger partial charge on any atom is 0.347 e. The Morgan fingerprint density at radius 3 is 1.60 bits per heavy atom. The number of allylic oxidation sites excluding steroid dienone is 1. The highest BCUT2D eigenvalue weighted by Crippen LogP contribution is 2.45. The van der Waals surface area contributed by atoms with Gasteiger partial charge in [0.2, 0.25) is 5.36 Å². The monoisotopic (exact) mass is 1280 g/mol. The summed E-state index contributed by atoms with van der Waals surface area (Å²) >= 11 is 0. The molecule has 0 unspecified atom stereocenters. The lowest BCUT2D eigenvalue weighted by atomic mass is 9.88. The largest absolute Gasteiger partial charge is 0.507 e. The summed E-state index contributed by atoms with van der Waals surface area (Å²) in [5.74, 6) is 4.80. The molecule has 12 nitrogen and oxygen atoms in total. The predicted molar refractivity (Wildman–Crippen MR) is 389 cm³/mol. The second-order valence-corrected chi connectivity index (χ2v) is 32.2. The van der Waals surface area contributed by atoms with Crippen molar-refractivity contribution in [2.45, 2.75) is 203 Å². The number of phenols is 1. The smallest absolute Gasteiger partial charge is 0.347 e. The fraction of sp³-hybridized carbons (Fsp3) is 0.494. The molecular weight excluding hydrogens is 1160 g/mol. The zero-order chi connectivity index (χ0) is 71.7. The van der Waals surface area contributed by atoms with Gasteiger partial charge < -0.3 is 34.0 Å². The number of rotatable bonds is 10. The molecule has 2 aliphatic rings. The highest BCUT2D eigenvalue weighted by atomic mass is 16.5. The first-order valence-corrected chi connectivity index (χ1v) is 32.0. The molecule has 12 heteroatoms. The van der Waals surface area contributed by atoms with Crippen molar-refractivity contribution >= 4 is 50.4 Å². The number of fused-ring (bicyclic) bond motifs is 5. The molecule has 0 amide bonds. The fourth-order valence-corrected chi connectivity index (χ4v) is 8.86. The molecule has 4 N–H and O–H groups in total. The number of hydrogen-bond acceptors (Lipinski definition) is 10. The molecule has 5 aromatic rings. The van der Waals surface area contributed by atoms with Crippen molar-refractivity contribution in [1.82, 2.24) is 4.58 Å². The lowest BCUT2D eigenvalue weighted by Crippen LogP contribution is -2.21. The summed E-state index contributed by atoms with van der Waals surface area (Å²) in [6.07, 6.45) is 16.6. The van der Waals surface area contributed by atoms with E-state index in [1.165, 1.54) is 0 Å². The number of aromatic hydroxyl groups is 1. The van der Waals surface area contributed by atoms with Crippen LogP contribution in [-0.4, -0.2) is 65.1 Å². The van der Waals surface area contributed by atoms with Gasteiger partial charge >= 0.3 is 17.6 Å². The van der Waals surface area contributed by atoms with Crippen LogP contribution in [0.1, 0.15) is 217 Å². The molecule has 2 heterocycles. The second kappa shape index (κ2) is 36.6. The van der Waals surface area contributed by atoms with Crippen molar-refractivity contribution in [3.63, 3.8) is 0 Å². The first kappa shape index (κ1) is 83.2. The first-order chi connectivity index (χ1) is 42.5. The number of aliphatic hydroxyl groups excluding tert-OH is 1. The predicted octanol–water partition coefficient (Wildman–Crippen LogP) is 19.5. The summed E-state index contributed by atoms with van der Waals surface area (Å²) in [5.41, 5.74) is 4.76. The zero-order valence-corrected chi connectivity index (χ0v) is 60.8. The highest BCUT2D eigenvalue weighted by molar-refractivity contribution is 6.15. The topological polar surface area (TPSA) is 188 Å². The van der Waals surface area contributed by atoms with Crippen molar-refractivity contribution in [2.24, 2.45) is 37.9 Å². The van der Waals surface area contributed by atoms with E-state index in [0.29, 0.717) is 63.6 Å². The van der Waals surface area contributed by atoms with E-state index in [1.807, 2.05) is 166 Å². The van der Waals surface area contributed by atoms with E-state index in [2.05, 4.69) is 102 Å². The van der Waals surface area contributed by atoms with Gasteiger partial charge in [0.1, 0.15) is 42.3 Å². The number of aliphatic carboxylic acids is 1. The van der Waals surface area contributed by atoms with Crippen LogP contribution in [0, 0.1) is 62.6 Å². The number of carboxylic acids is 1. The van der Waals surface area contributed by atoms with Crippen LogP contribution in [0.3, 0.4) is 0 Å². The molecule has 0 radical (unpaired) electrons.